The smallest absolute Gasteiger partial charge is 0.324 e. The van der Waals surface area contributed by atoms with Gasteiger partial charge in [0.2, 0.25) is 0 Å². The number of carbonyl (C=O) groups excluding carboxylic acids is 2. The summed E-state index contributed by atoms with van der Waals surface area (Å²) >= 11 is 0. The van der Waals surface area contributed by atoms with Crippen LogP contribution in [0.5, 0.6) is 0 Å². The summed E-state index contributed by atoms with van der Waals surface area (Å²) < 4.78 is 18.7. The normalized spacial score (nSPS) is 19.2. The summed E-state index contributed by atoms with van der Waals surface area (Å²) in [5, 5.41) is 2.92. The number of hydrogen-bond donors (Lipinski definition) is 1. The van der Waals surface area contributed by atoms with E-state index in [9.17, 15) is 14.0 Å². The minimum Gasteiger partial charge on any atom is -0.376 e. The average molecular weight is 411 g/mol. The van der Waals surface area contributed by atoms with Gasteiger partial charge in [0.15, 0.2) is 0 Å². The minimum absolute atomic E-state index is 0.0841. The van der Waals surface area contributed by atoms with Gasteiger partial charge in [-0.2, -0.15) is 0 Å². The van der Waals surface area contributed by atoms with E-state index in [0.717, 1.165) is 31.4 Å². The van der Waals surface area contributed by atoms with E-state index in [1.807, 2.05) is 6.07 Å². The number of anilines is 1. The number of hydrogen-bond acceptors (Lipinski definition) is 3. The Labute approximate surface area is 175 Å². The molecule has 0 unspecified atom stereocenters. The van der Waals surface area contributed by atoms with Gasteiger partial charge < -0.3 is 15.0 Å². The van der Waals surface area contributed by atoms with Crippen LogP contribution in [-0.2, 0) is 11.3 Å². The SMILES string of the molecule is O=C(NC[C@@H]1CCCO1)c1cccc(N2CCCN(Cc3ccc(F)cc3)C2=O)c1. The van der Waals surface area contributed by atoms with Crippen LogP contribution in [0.15, 0.2) is 48.5 Å². The molecule has 0 bridgehead atoms. The van der Waals surface area contributed by atoms with Crippen LogP contribution in [0, 0.1) is 5.82 Å². The maximum atomic E-state index is 13.1. The Morgan fingerprint density at radius 3 is 2.73 bits per heavy atom. The highest BCUT2D eigenvalue weighted by atomic mass is 19.1. The number of nitrogens with zero attached hydrogens (tertiary/aromatic N) is 2. The van der Waals surface area contributed by atoms with Gasteiger partial charge in [-0.15, -0.1) is 0 Å². The highest BCUT2D eigenvalue weighted by Crippen LogP contribution is 2.23. The van der Waals surface area contributed by atoms with Crippen molar-refractivity contribution in [3.63, 3.8) is 0 Å². The maximum absolute atomic E-state index is 13.1. The third-order valence-corrected chi connectivity index (χ3v) is 5.53. The largest absolute Gasteiger partial charge is 0.376 e. The van der Waals surface area contributed by atoms with Gasteiger partial charge >= 0.3 is 6.03 Å². The summed E-state index contributed by atoms with van der Waals surface area (Å²) in [5.41, 5.74) is 2.11. The van der Waals surface area contributed by atoms with Gasteiger partial charge in [-0.3, -0.25) is 9.69 Å². The van der Waals surface area contributed by atoms with Crippen molar-refractivity contribution in [3.05, 3.63) is 65.5 Å². The van der Waals surface area contributed by atoms with E-state index in [1.165, 1.54) is 12.1 Å². The molecular weight excluding hydrogens is 385 g/mol. The third-order valence-electron chi connectivity index (χ3n) is 5.53. The van der Waals surface area contributed by atoms with Crippen LogP contribution in [0.4, 0.5) is 14.9 Å². The van der Waals surface area contributed by atoms with Crippen molar-refractivity contribution in [3.8, 4) is 0 Å². The van der Waals surface area contributed by atoms with E-state index in [0.29, 0.717) is 37.4 Å². The third kappa shape index (κ3) is 4.79. The lowest BCUT2D eigenvalue weighted by Crippen LogP contribution is -2.49. The lowest BCUT2D eigenvalue weighted by molar-refractivity contribution is 0.0857. The van der Waals surface area contributed by atoms with Crippen molar-refractivity contribution in [2.24, 2.45) is 0 Å². The minimum atomic E-state index is -0.292. The molecule has 2 aromatic rings. The van der Waals surface area contributed by atoms with Crippen LogP contribution in [0.1, 0.15) is 35.2 Å². The second-order valence-corrected chi connectivity index (χ2v) is 7.73. The van der Waals surface area contributed by atoms with Crippen molar-refractivity contribution < 1.29 is 18.7 Å². The molecule has 2 heterocycles. The molecule has 2 fully saturated rings. The van der Waals surface area contributed by atoms with Crippen LogP contribution in [0.2, 0.25) is 0 Å². The van der Waals surface area contributed by atoms with Gasteiger partial charge in [-0.1, -0.05) is 18.2 Å². The van der Waals surface area contributed by atoms with Crippen molar-refractivity contribution in [1.82, 2.24) is 10.2 Å². The first-order chi connectivity index (χ1) is 14.6. The Bertz CT molecular complexity index is 897. The van der Waals surface area contributed by atoms with E-state index in [1.54, 1.807) is 40.1 Å². The Morgan fingerprint density at radius 2 is 1.97 bits per heavy atom. The Balaban J connectivity index is 1.42. The first-order valence-electron chi connectivity index (χ1n) is 10.4. The molecule has 2 aliphatic rings. The number of rotatable bonds is 6. The summed E-state index contributed by atoms with van der Waals surface area (Å²) in [7, 11) is 0. The second kappa shape index (κ2) is 9.26. The van der Waals surface area contributed by atoms with Gasteiger partial charge in [0.25, 0.3) is 5.91 Å². The molecule has 2 aromatic carbocycles. The molecule has 2 saturated heterocycles. The Morgan fingerprint density at radius 1 is 1.13 bits per heavy atom. The van der Waals surface area contributed by atoms with Crippen LogP contribution in [-0.4, -0.2) is 49.2 Å². The average Bonchev–Trinajstić information content (AvgIpc) is 3.29. The quantitative estimate of drug-likeness (QED) is 0.791. The summed E-state index contributed by atoms with van der Waals surface area (Å²) in [6, 6.07) is 13.2. The van der Waals surface area contributed by atoms with Crippen LogP contribution < -0.4 is 10.2 Å². The number of carbonyl (C=O) groups is 2. The van der Waals surface area contributed by atoms with E-state index >= 15 is 0 Å². The zero-order valence-electron chi connectivity index (χ0n) is 16.9. The van der Waals surface area contributed by atoms with Crippen molar-refractivity contribution in [1.29, 1.82) is 0 Å². The molecule has 0 spiro atoms. The number of benzene rings is 2. The number of urea groups is 1. The topological polar surface area (TPSA) is 61.9 Å². The van der Waals surface area contributed by atoms with E-state index in [2.05, 4.69) is 5.32 Å². The summed E-state index contributed by atoms with van der Waals surface area (Å²) in [5.74, 6) is -0.458. The van der Waals surface area contributed by atoms with Crippen LogP contribution >= 0.6 is 0 Å². The molecule has 1 N–H and O–H groups in total. The molecule has 6 nitrogen and oxygen atoms in total. The van der Waals surface area contributed by atoms with E-state index in [-0.39, 0.29) is 23.9 Å². The highest BCUT2D eigenvalue weighted by molar-refractivity contribution is 5.98. The van der Waals surface area contributed by atoms with Gasteiger partial charge in [0.1, 0.15) is 5.82 Å². The molecule has 0 radical (unpaired) electrons. The van der Waals surface area contributed by atoms with Crippen molar-refractivity contribution in [2.75, 3.05) is 31.1 Å². The van der Waals surface area contributed by atoms with Crippen LogP contribution in [0.25, 0.3) is 0 Å². The molecule has 4 rings (SSSR count). The van der Waals surface area contributed by atoms with Gasteiger partial charge in [-0.05, 0) is 55.2 Å². The molecule has 2 aliphatic heterocycles. The number of amides is 3. The molecule has 30 heavy (non-hydrogen) atoms. The molecule has 1 atom stereocenters. The number of halogens is 1. The highest BCUT2D eigenvalue weighted by Gasteiger charge is 2.27. The molecule has 0 aliphatic carbocycles. The fraction of sp³-hybridized carbons (Fsp3) is 0.391. The second-order valence-electron chi connectivity index (χ2n) is 7.73. The Hall–Kier alpha value is -2.93. The predicted octanol–water partition coefficient (Wildman–Crippen LogP) is 3.57. The summed E-state index contributed by atoms with van der Waals surface area (Å²) in [4.78, 5) is 29.0. The van der Waals surface area contributed by atoms with E-state index in [4.69, 9.17) is 4.74 Å². The lowest BCUT2D eigenvalue weighted by atomic mass is 10.1. The fourth-order valence-electron chi connectivity index (χ4n) is 3.91. The monoisotopic (exact) mass is 411 g/mol. The van der Waals surface area contributed by atoms with Gasteiger partial charge in [-0.25, -0.2) is 9.18 Å². The molecule has 0 aromatic heterocycles. The lowest BCUT2D eigenvalue weighted by Gasteiger charge is -2.35. The maximum Gasteiger partial charge on any atom is 0.324 e. The molecular formula is C23H26FN3O3. The number of ether oxygens (including phenoxy) is 1. The zero-order valence-corrected chi connectivity index (χ0v) is 16.9. The summed E-state index contributed by atoms with van der Waals surface area (Å²) in [6.45, 7) is 2.92. The summed E-state index contributed by atoms with van der Waals surface area (Å²) in [6.07, 6.45) is 2.90. The Kier molecular flexibility index (Phi) is 6.28. The van der Waals surface area contributed by atoms with Gasteiger partial charge in [0, 0.05) is 44.0 Å². The first kappa shape index (κ1) is 20.3. The van der Waals surface area contributed by atoms with Gasteiger partial charge in [0.05, 0.1) is 6.10 Å². The molecule has 3 amide bonds. The number of nitrogens with one attached hydrogen (secondary N) is 1. The standard InChI is InChI=1S/C23H26FN3O3/c24-19-9-7-17(8-10-19)16-26-11-3-12-27(23(26)29)20-5-1-4-18(14-20)22(28)25-15-21-6-2-13-30-21/h1,4-5,7-10,14,21H,2-3,6,11-13,15-16H2,(H,25,28)/t21-/m0/s1. The molecule has 0 saturated carbocycles. The fourth-order valence-corrected chi connectivity index (χ4v) is 3.91. The van der Waals surface area contributed by atoms with E-state index < -0.39 is 0 Å². The first-order valence-corrected chi connectivity index (χ1v) is 10.4. The molecule has 158 valence electrons. The van der Waals surface area contributed by atoms with Crippen molar-refractivity contribution >= 4 is 17.6 Å². The van der Waals surface area contributed by atoms with Crippen molar-refractivity contribution in [2.45, 2.75) is 31.9 Å². The van der Waals surface area contributed by atoms with Crippen LogP contribution in [0.3, 0.4) is 0 Å². The molecule has 7 heteroatoms. The zero-order chi connectivity index (χ0) is 20.9. The predicted molar refractivity (Wildman–Crippen MR) is 112 cm³/mol.